The standard InChI is InChI=1S/C17H30N2O2/c1-6-9-19(12-17(3,4)11-18)13(2)15-10-14(21-5)7-8-16(15)20/h7-8,10,13,20H,6,9,11-12,18H2,1-5H3. The molecular formula is C17H30N2O2. The second kappa shape index (κ2) is 7.66. The molecule has 21 heavy (non-hydrogen) atoms. The molecule has 0 aliphatic heterocycles. The van der Waals surface area contributed by atoms with Crippen LogP contribution in [0.3, 0.4) is 0 Å². The van der Waals surface area contributed by atoms with Gasteiger partial charge in [0.15, 0.2) is 0 Å². The topological polar surface area (TPSA) is 58.7 Å². The van der Waals surface area contributed by atoms with Crippen LogP contribution in [0.25, 0.3) is 0 Å². The lowest BCUT2D eigenvalue weighted by Crippen LogP contribution is -2.40. The first-order valence-corrected chi connectivity index (χ1v) is 7.65. The van der Waals surface area contributed by atoms with Gasteiger partial charge >= 0.3 is 0 Å². The van der Waals surface area contributed by atoms with Crippen LogP contribution in [0.2, 0.25) is 0 Å². The number of phenolic OH excluding ortho intramolecular Hbond substituents is 1. The number of rotatable bonds is 8. The lowest BCUT2D eigenvalue weighted by atomic mass is 9.91. The van der Waals surface area contributed by atoms with E-state index in [1.807, 2.05) is 6.07 Å². The maximum absolute atomic E-state index is 10.2. The molecule has 0 saturated heterocycles. The zero-order chi connectivity index (χ0) is 16.0. The van der Waals surface area contributed by atoms with Crippen molar-refractivity contribution in [1.82, 2.24) is 4.90 Å². The zero-order valence-electron chi connectivity index (χ0n) is 14.0. The van der Waals surface area contributed by atoms with Gasteiger partial charge in [-0.25, -0.2) is 0 Å². The highest BCUT2D eigenvalue weighted by atomic mass is 16.5. The third-order valence-electron chi connectivity index (χ3n) is 3.93. The number of nitrogens with two attached hydrogens (primary N) is 1. The molecule has 0 amide bonds. The number of aromatic hydroxyl groups is 1. The molecule has 1 rings (SSSR count). The molecule has 1 aromatic rings. The van der Waals surface area contributed by atoms with Gasteiger partial charge in [-0.1, -0.05) is 20.8 Å². The molecule has 0 radical (unpaired) electrons. The number of phenols is 1. The Morgan fingerprint density at radius 2 is 2.05 bits per heavy atom. The molecular weight excluding hydrogens is 264 g/mol. The lowest BCUT2D eigenvalue weighted by molar-refractivity contribution is 0.139. The molecule has 1 aromatic carbocycles. The Morgan fingerprint density at radius 1 is 1.38 bits per heavy atom. The van der Waals surface area contributed by atoms with Gasteiger partial charge in [0.25, 0.3) is 0 Å². The minimum Gasteiger partial charge on any atom is -0.508 e. The molecule has 4 nitrogen and oxygen atoms in total. The van der Waals surface area contributed by atoms with E-state index in [9.17, 15) is 5.11 Å². The molecule has 0 bridgehead atoms. The van der Waals surface area contributed by atoms with E-state index in [1.165, 1.54) is 0 Å². The summed E-state index contributed by atoms with van der Waals surface area (Å²) in [6.07, 6.45) is 1.07. The molecule has 4 heteroatoms. The SMILES string of the molecule is CCCN(CC(C)(C)CN)C(C)c1cc(OC)ccc1O. The van der Waals surface area contributed by atoms with Crippen molar-refractivity contribution in [3.63, 3.8) is 0 Å². The first-order chi connectivity index (χ1) is 9.84. The maximum Gasteiger partial charge on any atom is 0.120 e. The fourth-order valence-electron chi connectivity index (χ4n) is 2.50. The molecule has 0 spiro atoms. The lowest BCUT2D eigenvalue weighted by Gasteiger charge is -2.36. The van der Waals surface area contributed by atoms with Crippen molar-refractivity contribution < 1.29 is 9.84 Å². The van der Waals surface area contributed by atoms with E-state index < -0.39 is 0 Å². The maximum atomic E-state index is 10.2. The van der Waals surface area contributed by atoms with Crippen LogP contribution < -0.4 is 10.5 Å². The van der Waals surface area contributed by atoms with Crippen molar-refractivity contribution >= 4 is 0 Å². The summed E-state index contributed by atoms with van der Waals surface area (Å²) in [5, 5.41) is 10.2. The molecule has 0 saturated carbocycles. The monoisotopic (exact) mass is 294 g/mol. The van der Waals surface area contributed by atoms with E-state index >= 15 is 0 Å². The fraction of sp³-hybridized carbons (Fsp3) is 0.647. The summed E-state index contributed by atoms with van der Waals surface area (Å²) in [6.45, 7) is 11.2. The van der Waals surface area contributed by atoms with E-state index in [1.54, 1.807) is 19.2 Å². The second-order valence-corrected chi connectivity index (χ2v) is 6.44. The summed E-state index contributed by atoms with van der Waals surface area (Å²) in [5.74, 6) is 1.08. The molecule has 1 atom stereocenters. The Kier molecular flexibility index (Phi) is 6.49. The Morgan fingerprint density at radius 3 is 2.57 bits per heavy atom. The Hall–Kier alpha value is -1.26. The van der Waals surface area contributed by atoms with Crippen LogP contribution in [0.4, 0.5) is 0 Å². The fourth-order valence-corrected chi connectivity index (χ4v) is 2.50. The van der Waals surface area contributed by atoms with Crippen molar-refractivity contribution in [2.24, 2.45) is 11.1 Å². The minimum absolute atomic E-state index is 0.0535. The normalized spacial score (nSPS) is 13.5. The quantitative estimate of drug-likeness (QED) is 0.773. The molecule has 0 aromatic heterocycles. The third-order valence-corrected chi connectivity index (χ3v) is 3.93. The van der Waals surface area contributed by atoms with E-state index in [4.69, 9.17) is 10.5 Å². The molecule has 0 aliphatic carbocycles. The van der Waals surface area contributed by atoms with Gasteiger partial charge in [0.05, 0.1) is 7.11 Å². The van der Waals surface area contributed by atoms with Crippen molar-refractivity contribution in [3.05, 3.63) is 23.8 Å². The smallest absolute Gasteiger partial charge is 0.120 e. The van der Waals surface area contributed by atoms with Crippen molar-refractivity contribution in [1.29, 1.82) is 0 Å². The third kappa shape index (κ3) is 4.90. The van der Waals surface area contributed by atoms with Gasteiger partial charge < -0.3 is 15.6 Å². The summed E-state index contributed by atoms with van der Waals surface area (Å²) in [6, 6.07) is 5.51. The van der Waals surface area contributed by atoms with Crippen LogP contribution in [0.1, 0.15) is 45.7 Å². The molecule has 0 fully saturated rings. The van der Waals surface area contributed by atoms with Gasteiger partial charge in [0.1, 0.15) is 11.5 Å². The van der Waals surface area contributed by atoms with Gasteiger partial charge in [0.2, 0.25) is 0 Å². The number of ether oxygens (including phenoxy) is 1. The molecule has 120 valence electrons. The number of nitrogens with zero attached hydrogens (tertiary/aromatic N) is 1. The van der Waals surface area contributed by atoms with Crippen molar-refractivity contribution in [3.8, 4) is 11.5 Å². The number of hydrogen-bond acceptors (Lipinski definition) is 4. The van der Waals surface area contributed by atoms with Crippen molar-refractivity contribution in [2.45, 2.75) is 40.2 Å². The summed E-state index contributed by atoms with van der Waals surface area (Å²) >= 11 is 0. The second-order valence-electron chi connectivity index (χ2n) is 6.44. The summed E-state index contributed by atoms with van der Waals surface area (Å²) in [7, 11) is 1.64. The van der Waals surface area contributed by atoms with E-state index in [0.29, 0.717) is 12.3 Å². The van der Waals surface area contributed by atoms with Gasteiger partial charge in [-0.3, -0.25) is 4.90 Å². The summed E-state index contributed by atoms with van der Waals surface area (Å²) in [4.78, 5) is 2.38. The molecule has 0 aliphatic rings. The molecule has 3 N–H and O–H groups in total. The highest BCUT2D eigenvalue weighted by molar-refractivity contribution is 5.41. The summed E-state index contributed by atoms with van der Waals surface area (Å²) in [5.41, 5.74) is 6.82. The van der Waals surface area contributed by atoms with Crippen LogP contribution in [-0.2, 0) is 0 Å². The van der Waals surface area contributed by atoms with E-state index in [0.717, 1.165) is 30.8 Å². The Bertz CT molecular complexity index is 446. The van der Waals surface area contributed by atoms with Gasteiger partial charge in [0, 0.05) is 18.2 Å². The average molecular weight is 294 g/mol. The Balaban J connectivity index is 3.02. The number of benzene rings is 1. The first kappa shape index (κ1) is 17.8. The number of hydrogen-bond donors (Lipinski definition) is 2. The van der Waals surface area contributed by atoms with Gasteiger partial charge in [-0.15, -0.1) is 0 Å². The van der Waals surface area contributed by atoms with Crippen LogP contribution in [0.15, 0.2) is 18.2 Å². The van der Waals surface area contributed by atoms with Gasteiger partial charge in [-0.05, 0) is 50.0 Å². The highest BCUT2D eigenvalue weighted by Gasteiger charge is 2.25. The van der Waals surface area contributed by atoms with Crippen molar-refractivity contribution in [2.75, 3.05) is 26.7 Å². The highest BCUT2D eigenvalue weighted by Crippen LogP contribution is 2.33. The van der Waals surface area contributed by atoms with E-state index in [2.05, 4.69) is 32.6 Å². The zero-order valence-corrected chi connectivity index (χ0v) is 14.0. The van der Waals surface area contributed by atoms with Crippen LogP contribution in [-0.4, -0.2) is 36.8 Å². The summed E-state index contributed by atoms with van der Waals surface area (Å²) < 4.78 is 5.27. The minimum atomic E-state index is 0.0535. The predicted molar refractivity (Wildman–Crippen MR) is 87.8 cm³/mol. The largest absolute Gasteiger partial charge is 0.508 e. The first-order valence-electron chi connectivity index (χ1n) is 7.65. The Labute approximate surface area is 128 Å². The average Bonchev–Trinajstić information content (AvgIpc) is 2.46. The van der Waals surface area contributed by atoms with Crippen LogP contribution >= 0.6 is 0 Å². The van der Waals surface area contributed by atoms with Crippen LogP contribution in [0.5, 0.6) is 11.5 Å². The van der Waals surface area contributed by atoms with Gasteiger partial charge in [-0.2, -0.15) is 0 Å². The number of methoxy groups -OCH3 is 1. The van der Waals surface area contributed by atoms with E-state index in [-0.39, 0.29) is 11.5 Å². The molecule has 1 unspecified atom stereocenters. The van der Waals surface area contributed by atoms with Crippen LogP contribution in [0, 0.1) is 5.41 Å². The molecule has 0 heterocycles. The predicted octanol–water partition coefficient (Wildman–Crippen LogP) is 3.16.